The molecule has 0 atom stereocenters. The number of methoxy groups -OCH3 is 2. The van der Waals surface area contributed by atoms with Crippen molar-refractivity contribution in [2.24, 2.45) is 5.92 Å². The number of aromatic nitrogens is 1. The molecule has 1 fully saturated rings. The number of para-hydroxylation sites is 1. The highest BCUT2D eigenvalue weighted by Crippen LogP contribution is 2.35. The standard InChI is InChI=1S/C28H35N3O4/c1-21-14-17-30(18-15-21)28-24(26(29-35-28)22-10-5-4-6-11-22)20-31(16-9-19-33-2)27(32)23-12-7-8-13-25(23)34-3/h4-8,10-13,21H,9,14-20H2,1-3H3. The number of ether oxygens (including phenoxy) is 2. The van der Waals surface area contributed by atoms with Crippen molar-refractivity contribution in [2.75, 3.05) is 45.4 Å². The SMILES string of the molecule is COCCCN(Cc1c(-c2ccccc2)noc1N1CCC(C)CC1)C(=O)c1ccccc1OC. The molecule has 1 aromatic heterocycles. The van der Waals surface area contributed by atoms with Crippen LogP contribution >= 0.6 is 0 Å². The maximum absolute atomic E-state index is 13.8. The first-order valence-electron chi connectivity index (χ1n) is 12.3. The summed E-state index contributed by atoms with van der Waals surface area (Å²) in [6, 6.07) is 17.4. The lowest BCUT2D eigenvalue weighted by atomic mass is 9.98. The highest BCUT2D eigenvalue weighted by Gasteiger charge is 2.29. The van der Waals surface area contributed by atoms with Crippen LogP contribution in [0.5, 0.6) is 5.75 Å². The number of benzene rings is 2. The number of hydrogen-bond donors (Lipinski definition) is 0. The molecule has 0 spiro atoms. The molecule has 1 saturated heterocycles. The number of amides is 1. The van der Waals surface area contributed by atoms with E-state index < -0.39 is 0 Å². The fourth-order valence-electron chi connectivity index (χ4n) is 4.56. The third-order valence-corrected chi connectivity index (χ3v) is 6.64. The van der Waals surface area contributed by atoms with E-state index in [1.807, 2.05) is 59.5 Å². The molecular weight excluding hydrogens is 442 g/mol. The second-order valence-electron chi connectivity index (χ2n) is 9.12. The summed E-state index contributed by atoms with van der Waals surface area (Å²) in [4.78, 5) is 17.9. The van der Waals surface area contributed by atoms with Crippen molar-refractivity contribution in [3.63, 3.8) is 0 Å². The van der Waals surface area contributed by atoms with Crippen LogP contribution < -0.4 is 9.64 Å². The van der Waals surface area contributed by atoms with Crippen molar-refractivity contribution >= 4 is 11.8 Å². The van der Waals surface area contributed by atoms with Gasteiger partial charge in [-0.3, -0.25) is 4.79 Å². The summed E-state index contributed by atoms with van der Waals surface area (Å²) in [5.41, 5.74) is 3.23. The zero-order valence-corrected chi connectivity index (χ0v) is 20.9. The first-order valence-corrected chi connectivity index (χ1v) is 12.3. The van der Waals surface area contributed by atoms with Gasteiger partial charge in [-0.2, -0.15) is 0 Å². The summed E-state index contributed by atoms with van der Waals surface area (Å²) >= 11 is 0. The molecule has 186 valence electrons. The molecule has 4 rings (SSSR count). The summed E-state index contributed by atoms with van der Waals surface area (Å²) in [6.07, 6.45) is 2.94. The highest BCUT2D eigenvalue weighted by molar-refractivity contribution is 5.97. The number of piperidine rings is 1. The van der Waals surface area contributed by atoms with E-state index in [-0.39, 0.29) is 5.91 Å². The molecule has 7 nitrogen and oxygen atoms in total. The van der Waals surface area contributed by atoms with Crippen molar-refractivity contribution in [3.05, 3.63) is 65.7 Å². The number of nitrogens with zero attached hydrogens (tertiary/aromatic N) is 3. The summed E-state index contributed by atoms with van der Waals surface area (Å²) in [5, 5.41) is 4.49. The fourth-order valence-corrected chi connectivity index (χ4v) is 4.56. The Balaban J connectivity index is 1.71. The molecule has 2 aromatic carbocycles. The second kappa shape index (κ2) is 11.9. The Bertz CT molecular complexity index is 1090. The van der Waals surface area contributed by atoms with Gasteiger partial charge in [0.15, 0.2) is 0 Å². The van der Waals surface area contributed by atoms with Crippen molar-refractivity contribution in [1.29, 1.82) is 0 Å². The van der Waals surface area contributed by atoms with Crippen LogP contribution in [0.2, 0.25) is 0 Å². The van der Waals surface area contributed by atoms with Crippen molar-refractivity contribution < 1.29 is 18.8 Å². The minimum atomic E-state index is -0.0861. The molecule has 0 radical (unpaired) electrons. The van der Waals surface area contributed by atoms with Gasteiger partial charge in [-0.15, -0.1) is 0 Å². The maximum Gasteiger partial charge on any atom is 0.257 e. The maximum atomic E-state index is 13.8. The van der Waals surface area contributed by atoms with Crippen LogP contribution in [-0.2, 0) is 11.3 Å². The molecule has 1 aliphatic heterocycles. The smallest absolute Gasteiger partial charge is 0.257 e. The van der Waals surface area contributed by atoms with Gasteiger partial charge in [0, 0.05) is 38.9 Å². The Hall–Kier alpha value is -3.32. The molecule has 0 bridgehead atoms. The molecular formula is C28H35N3O4. The number of anilines is 1. The van der Waals surface area contributed by atoms with Crippen LogP contribution in [0, 0.1) is 5.92 Å². The zero-order valence-electron chi connectivity index (χ0n) is 20.9. The normalized spacial score (nSPS) is 14.2. The zero-order chi connectivity index (χ0) is 24.6. The van der Waals surface area contributed by atoms with Gasteiger partial charge >= 0.3 is 0 Å². The molecule has 0 aliphatic carbocycles. The van der Waals surface area contributed by atoms with E-state index in [4.69, 9.17) is 14.0 Å². The third kappa shape index (κ3) is 5.85. The Kier molecular flexibility index (Phi) is 8.42. The van der Waals surface area contributed by atoms with Crippen LogP contribution in [0.25, 0.3) is 11.3 Å². The van der Waals surface area contributed by atoms with Crippen LogP contribution in [0.1, 0.15) is 42.1 Å². The number of hydrogen-bond acceptors (Lipinski definition) is 6. The van der Waals surface area contributed by atoms with E-state index in [0.717, 1.165) is 55.1 Å². The summed E-state index contributed by atoms with van der Waals surface area (Å²) < 4.78 is 16.7. The Morgan fingerprint density at radius 1 is 1.09 bits per heavy atom. The topological polar surface area (TPSA) is 68.0 Å². The highest BCUT2D eigenvalue weighted by atomic mass is 16.5. The van der Waals surface area contributed by atoms with Gasteiger partial charge in [0.1, 0.15) is 11.4 Å². The summed E-state index contributed by atoms with van der Waals surface area (Å²) in [7, 11) is 3.26. The van der Waals surface area contributed by atoms with Gasteiger partial charge in [-0.05, 0) is 37.3 Å². The molecule has 0 N–H and O–H groups in total. The van der Waals surface area contributed by atoms with Gasteiger partial charge in [0.25, 0.3) is 5.91 Å². The lowest BCUT2D eigenvalue weighted by molar-refractivity contribution is 0.0720. The molecule has 35 heavy (non-hydrogen) atoms. The molecule has 0 unspecified atom stereocenters. The molecule has 7 heteroatoms. The van der Waals surface area contributed by atoms with E-state index in [0.29, 0.717) is 36.9 Å². The number of carbonyl (C=O) groups excluding carboxylic acids is 1. The first kappa shape index (κ1) is 24.8. The third-order valence-electron chi connectivity index (χ3n) is 6.64. The largest absolute Gasteiger partial charge is 0.496 e. The van der Waals surface area contributed by atoms with Gasteiger partial charge in [-0.1, -0.05) is 54.5 Å². The van der Waals surface area contributed by atoms with Crippen LogP contribution in [-0.4, -0.2) is 56.4 Å². The predicted octanol–water partition coefficient (Wildman–Crippen LogP) is 5.27. The minimum Gasteiger partial charge on any atom is -0.496 e. The van der Waals surface area contributed by atoms with Gasteiger partial charge < -0.3 is 23.8 Å². The molecule has 0 saturated carbocycles. The van der Waals surface area contributed by atoms with Crippen LogP contribution in [0.3, 0.4) is 0 Å². The van der Waals surface area contributed by atoms with Gasteiger partial charge in [0.2, 0.25) is 5.88 Å². The van der Waals surface area contributed by atoms with Crippen LogP contribution in [0.15, 0.2) is 59.1 Å². The van der Waals surface area contributed by atoms with Crippen LogP contribution in [0.4, 0.5) is 5.88 Å². The molecule has 2 heterocycles. The van der Waals surface area contributed by atoms with E-state index in [1.165, 1.54) is 0 Å². The first-order chi connectivity index (χ1) is 17.1. The molecule has 1 aliphatic rings. The number of rotatable bonds is 10. The van der Waals surface area contributed by atoms with E-state index >= 15 is 0 Å². The Morgan fingerprint density at radius 2 is 1.80 bits per heavy atom. The Labute approximate surface area is 207 Å². The van der Waals surface area contributed by atoms with Crippen molar-refractivity contribution in [3.8, 4) is 17.0 Å². The molecule has 1 amide bonds. The van der Waals surface area contributed by atoms with Gasteiger partial charge in [-0.25, -0.2) is 0 Å². The quantitative estimate of drug-likeness (QED) is 0.371. The summed E-state index contributed by atoms with van der Waals surface area (Å²) in [5.74, 6) is 1.94. The predicted molar refractivity (Wildman–Crippen MR) is 137 cm³/mol. The minimum absolute atomic E-state index is 0.0861. The van der Waals surface area contributed by atoms with Crippen molar-refractivity contribution in [1.82, 2.24) is 10.1 Å². The number of carbonyl (C=O) groups is 1. The van der Waals surface area contributed by atoms with E-state index in [1.54, 1.807) is 14.2 Å². The monoisotopic (exact) mass is 477 g/mol. The Morgan fingerprint density at radius 3 is 2.51 bits per heavy atom. The van der Waals surface area contributed by atoms with E-state index in [2.05, 4.69) is 17.0 Å². The lowest BCUT2D eigenvalue weighted by Crippen LogP contribution is -2.35. The molecule has 3 aromatic rings. The fraction of sp³-hybridized carbons (Fsp3) is 0.429. The van der Waals surface area contributed by atoms with Gasteiger partial charge in [0.05, 0.1) is 24.8 Å². The summed E-state index contributed by atoms with van der Waals surface area (Å²) in [6.45, 7) is 5.62. The van der Waals surface area contributed by atoms with E-state index in [9.17, 15) is 4.79 Å². The second-order valence-corrected chi connectivity index (χ2v) is 9.12. The lowest BCUT2D eigenvalue weighted by Gasteiger charge is -2.31. The average Bonchev–Trinajstić information content (AvgIpc) is 3.32. The average molecular weight is 478 g/mol. The van der Waals surface area contributed by atoms with Crippen molar-refractivity contribution in [2.45, 2.75) is 32.7 Å².